The Morgan fingerprint density at radius 3 is 2.45 bits per heavy atom. The third-order valence-electron chi connectivity index (χ3n) is 8.30. The summed E-state index contributed by atoms with van der Waals surface area (Å²) in [7, 11) is 0. The van der Waals surface area contributed by atoms with Crippen molar-refractivity contribution in [3.8, 4) is 5.75 Å². The molecule has 3 aromatic rings. The molecule has 1 aliphatic carbocycles. The number of anilines is 1. The van der Waals surface area contributed by atoms with Crippen LogP contribution in [0.15, 0.2) is 60.8 Å². The molecule has 0 bridgehead atoms. The summed E-state index contributed by atoms with van der Waals surface area (Å²) in [4.78, 5) is 30.0. The summed E-state index contributed by atoms with van der Waals surface area (Å²) in [5.41, 5.74) is 4.31. The van der Waals surface area contributed by atoms with Crippen LogP contribution in [0.25, 0.3) is 0 Å². The second kappa shape index (κ2) is 11.5. The average Bonchev–Trinajstić information content (AvgIpc) is 3.15. The van der Waals surface area contributed by atoms with Crippen molar-refractivity contribution in [3.05, 3.63) is 83.2 Å². The zero-order valence-corrected chi connectivity index (χ0v) is 22.1. The van der Waals surface area contributed by atoms with Crippen molar-refractivity contribution < 1.29 is 9.53 Å². The predicted molar refractivity (Wildman–Crippen MR) is 148 cm³/mol. The number of rotatable bonds is 7. The van der Waals surface area contributed by atoms with Gasteiger partial charge in [0, 0.05) is 63.5 Å². The maximum absolute atomic E-state index is 13.3. The SMILES string of the molecule is O=C(Cc1ccccc1OCc1ccccc1)N1CCc2cnc(N3CCN(C4CCC4)CC3)nc2CC1. The molecule has 7 heteroatoms. The summed E-state index contributed by atoms with van der Waals surface area (Å²) >= 11 is 0. The molecule has 0 atom stereocenters. The molecule has 7 nitrogen and oxygen atoms in total. The summed E-state index contributed by atoms with van der Waals surface area (Å²) in [6, 6.07) is 18.8. The molecule has 1 amide bonds. The number of para-hydroxylation sites is 1. The second-order valence-electron chi connectivity index (χ2n) is 10.7. The van der Waals surface area contributed by atoms with Gasteiger partial charge in [-0.3, -0.25) is 9.69 Å². The Bertz CT molecular complexity index is 1240. The zero-order valence-electron chi connectivity index (χ0n) is 22.1. The van der Waals surface area contributed by atoms with Crippen LogP contribution in [-0.2, 0) is 30.7 Å². The minimum absolute atomic E-state index is 0.133. The number of nitrogens with zero attached hydrogens (tertiary/aromatic N) is 5. The van der Waals surface area contributed by atoms with E-state index >= 15 is 0 Å². The van der Waals surface area contributed by atoms with Gasteiger partial charge in [0.2, 0.25) is 11.9 Å². The molecular formula is C31H37N5O2. The first kappa shape index (κ1) is 24.9. The fourth-order valence-electron chi connectivity index (χ4n) is 5.71. The smallest absolute Gasteiger partial charge is 0.227 e. The number of hydrogen-bond donors (Lipinski definition) is 0. The lowest BCUT2D eigenvalue weighted by Crippen LogP contribution is -2.52. The lowest BCUT2D eigenvalue weighted by atomic mass is 9.91. The zero-order chi connectivity index (χ0) is 25.7. The Morgan fingerprint density at radius 2 is 1.66 bits per heavy atom. The Kier molecular flexibility index (Phi) is 7.54. The van der Waals surface area contributed by atoms with Crippen molar-refractivity contribution in [2.45, 2.75) is 51.2 Å². The molecule has 3 heterocycles. The quantitative estimate of drug-likeness (QED) is 0.480. The number of benzene rings is 2. The normalized spacial score (nSPS) is 18.4. The number of ether oxygens (including phenoxy) is 1. The van der Waals surface area contributed by atoms with Gasteiger partial charge in [-0.1, -0.05) is 55.0 Å². The summed E-state index contributed by atoms with van der Waals surface area (Å²) in [6.07, 6.45) is 7.99. The highest BCUT2D eigenvalue weighted by Gasteiger charge is 2.29. The van der Waals surface area contributed by atoms with Gasteiger partial charge in [0.05, 0.1) is 12.1 Å². The molecule has 0 unspecified atom stereocenters. The molecule has 2 aliphatic heterocycles. The van der Waals surface area contributed by atoms with Gasteiger partial charge in [-0.25, -0.2) is 9.97 Å². The van der Waals surface area contributed by atoms with Gasteiger partial charge < -0.3 is 14.5 Å². The van der Waals surface area contributed by atoms with Crippen LogP contribution in [0, 0.1) is 0 Å². The molecule has 2 fully saturated rings. The fraction of sp³-hybridized carbons (Fsp3) is 0.452. The van der Waals surface area contributed by atoms with E-state index in [1.807, 2.05) is 65.7 Å². The van der Waals surface area contributed by atoms with Crippen molar-refractivity contribution in [1.29, 1.82) is 0 Å². The van der Waals surface area contributed by atoms with E-state index in [2.05, 4.69) is 9.80 Å². The van der Waals surface area contributed by atoms with Crippen LogP contribution in [0.5, 0.6) is 5.75 Å². The highest BCUT2D eigenvalue weighted by Crippen LogP contribution is 2.27. The maximum Gasteiger partial charge on any atom is 0.227 e. The van der Waals surface area contributed by atoms with E-state index in [1.54, 1.807) is 0 Å². The van der Waals surface area contributed by atoms with E-state index < -0.39 is 0 Å². The number of hydrogen-bond acceptors (Lipinski definition) is 6. The fourth-order valence-corrected chi connectivity index (χ4v) is 5.71. The number of amides is 1. The predicted octanol–water partition coefficient (Wildman–Crippen LogP) is 3.90. The van der Waals surface area contributed by atoms with Gasteiger partial charge in [0.15, 0.2) is 0 Å². The standard InChI is InChI=1S/C31H37N5O2/c37-30(21-25-9-4-5-12-29(25)38-23-24-7-2-1-3-8-24)35-15-13-26-22-32-31(33-28(26)14-16-35)36-19-17-34(18-20-36)27-10-6-11-27/h1-5,7-9,12,22,27H,6,10-11,13-21,23H2. The lowest BCUT2D eigenvalue weighted by molar-refractivity contribution is -0.130. The largest absolute Gasteiger partial charge is 0.489 e. The summed E-state index contributed by atoms with van der Waals surface area (Å²) in [5, 5.41) is 0. The van der Waals surface area contributed by atoms with Crippen molar-refractivity contribution in [3.63, 3.8) is 0 Å². The third-order valence-corrected chi connectivity index (χ3v) is 8.30. The number of carbonyl (C=O) groups is 1. The second-order valence-corrected chi connectivity index (χ2v) is 10.7. The number of carbonyl (C=O) groups excluding carboxylic acids is 1. The van der Waals surface area contributed by atoms with Gasteiger partial charge in [0.1, 0.15) is 12.4 Å². The van der Waals surface area contributed by atoms with Crippen LogP contribution in [0.1, 0.15) is 41.6 Å². The number of piperazine rings is 1. The number of fused-ring (bicyclic) bond motifs is 1. The molecule has 198 valence electrons. The van der Waals surface area contributed by atoms with E-state index in [0.717, 1.165) is 73.6 Å². The third kappa shape index (κ3) is 5.68. The van der Waals surface area contributed by atoms with E-state index in [9.17, 15) is 4.79 Å². The summed E-state index contributed by atoms with van der Waals surface area (Å²) in [6.45, 7) is 6.05. The van der Waals surface area contributed by atoms with Crippen molar-refractivity contribution >= 4 is 11.9 Å². The summed E-state index contributed by atoms with van der Waals surface area (Å²) < 4.78 is 6.09. The molecule has 1 aromatic heterocycles. The minimum Gasteiger partial charge on any atom is -0.489 e. The maximum atomic E-state index is 13.3. The highest BCUT2D eigenvalue weighted by molar-refractivity contribution is 5.79. The first-order valence-corrected chi connectivity index (χ1v) is 14.1. The Morgan fingerprint density at radius 1 is 0.895 bits per heavy atom. The van der Waals surface area contributed by atoms with Gasteiger partial charge in [-0.05, 0) is 36.5 Å². The topological polar surface area (TPSA) is 61.8 Å². The van der Waals surface area contributed by atoms with E-state index in [-0.39, 0.29) is 5.91 Å². The van der Waals surface area contributed by atoms with Gasteiger partial charge in [-0.15, -0.1) is 0 Å². The van der Waals surface area contributed by atoms with Crippen molar-refractivity contribution in [1.82, 2.24) is 19.8 Å². The van der Waals surface area contributed by atoms with Gasteiger partial charge >= 0.3 is 0 Å². The van der Waals surface area contributed by atoms with Crippen LogP contribution < -0.4 is 9.64 Å². The highest BCUT2D eigenvalue weighted by atomic mass is 16.5. The molecule has 0 N–H and O–H groups in total. The first-order chi connectivity index (χ1) is 18.7. The molecule has 2 aromatic carbocycles. The average molecular weight is 512 g/mol. The molecule has 6 rings (SSSR count). The molecule has 1 saturated heterocycles. The van der Waals surface area contributed by atoms with Gasteiger partial charge in [-0.2, -0.15) is 0 Å². The monoisotopic (exact) mass is 511 g/mol. The van der Waals surface area contributed by atoms with E-state index in [0.29, 0.717) is 26.1 Å². The molecular weight excluding hydrogens is 474 g/mol. The molecule has 1 saturated carbocycles. The van der Waals surface area contributed by atoms with Crippen LogP contribution in [0.3, 0.4) is 0 Å². The first-order valence-electron chi connectivity index (χ1n) is 14.1. The van der Waals surface area contributed by atoms with Crippen LogP contribution in [0.4, 0.5) is 5.95 Å². The molecule has 3 aliphatic rings. The van der Waals surface area contributed by atoms with Crippen LogP contribution in [0.2, 0.25) is 0 Å². The van der Waals surface area contributed by atoms with Crippen molar-refractivity contribution in [2.24, 2.45) is 0 Å². The molecule has 38 heavy (non-hydrogen) atoms. The molecule has 0 spiro atoms. The van der Waals surface area contributed by atoms with E-state index in [4.69, 9.17) is 14.7 Å². The van der Waals surface area contributed by atoms with Crippen LogP contribution in [-0.4, -0.2) is 71.0 Å². The van der Waals surface area contributed by atoms with Crippen molar-refractivity contribution in [2.75, 3.05) is 44.2 Å². The Balaban J connectivity index is 1.05. The molecule has 0 radical (unpaired) electrons. The van der Waals surface area contributed by atoms with E-state index in [1.165, 1.54) is 24.8 Å². The minimum atomic E-state index is 0.133. The Labute approximate surface area is 225 Å². The summed E-state index contributed by atoms with van der Waals surface area (Å²) in [5.74, 6) is 1.76. The Hall–Kier alpha value is -3.45. The number of aromatic nitrogens is 2. The van der Waals surface area contributed by atoms with Crippen LogP contribution >= 0.6 is 0 Å². The lowest BCUT2D eigenvalue weighted by Gasteiger charge is -2.43. The van der Waals surface area contributed by atoms with Gasteiger partial charge in [0.25, 0.3) is 0 Å².